The molecule has 5 rings (SSSR count). The van der Waals surface area contributed by atoms with Crippen LogP contribution in [0.25, 0.3) is 5.57 Å². The Morgan fingerprint density at radius 3 is 2.56 bits per heavy atom. The normalized spacial score (nSPS) is 25.7. The molecule has 0 saturated heterocycles. The van der Waals surface area contributed by atoms with E-state index in [4.69, 9.17) is 14.5 Å². The minimum absolute atomic E-state index is 0.0347. The number of rotatable bonds is 4. The molecule has 2 aliphatic carbocycles. The molecule has 1 fully saturated rings. The maximum atomic E-state index is 12.7. The van der Waals surface area contributed by atoms with Gasteiger partial charge in [-0.3, -0.25) is 4.99 Å². The van der Waals surface area contributed by atoms with E-state index >= 15 is 0 Å². The van der Waals surface area contributed by atoms with Crippen molar-refractivity contribution in [1.82, 2.24) is 0 Å². The first kappa shape index (κ1) is 21.2. The number of hydrogen-bond acceptors (Lipinski definition) is 6. The standard InChI is InChI=1S/C26H32N2O4/c1-3-31-24(29)23(25(30)32-4-2)18-12-13-20-22(16-18)28-21-11-6-5-9-17(21)15-19-10-7-8-14-26(19,28)27-20/h12-13,16,19H,3-11,14-15H2,1-2H3/t19-,26-/m0/s1. The highest BCUT2D eigenvalue weighted by molar-refractivity contribution is 6.36. The summed E-state index contributed by atoms with van der Waals surface area (Å²) in [4.78, 5) is 33.2. The fourth-order valence-corrected chi connectivity index (χ4v) is 6.18. The molecule has 32 heavy (non-hydrogen) atoms. The lowest BCUT2D eigenvalue weighted by molar-refractivity contribution is -0.142. The summed E-state index contributed by atoms with van der Waals surface area (Å²) >= 11 is 0. The largest absolute Gasteiger partial charge is 0.462 e. The Morgan fingerprint density at radius 2 is 1.81 bits per heavy atom. The molecule has 4 aliphatic rings. The number of anilines is 1. The minimum atomic E-state index is -0.637. The van der Waals surface area contributed by atoms with Crippen LogP contribution in [-0.4, -0.2) is 30.8 Å². The summed E-state index contributed by atoms with van der Waals surface area (Å²) in [6.45, 7) is 3.88. The van der Waals surface area contributed by atoms with Crippen LogP contribution in [0.3, 0.4) is 0 Å². The van der Waals surface area contributed by atoms with Gasteiger partial charge >= 0.3 is 11.9 Å². The molecule has 2 atom stereocenters. The Hall–Kier alpha value is -2.63. The number of hydrogen-bond donors (Lipinski definition) is 0. The van der Waals surface area contributed by atoms with Gasteiger partial charge in [0.1, 0.15) is 5.66 Å². The first-order valence-electron chi connectivity index (χ1n) is 12.2. The third kappa shape index (κ3) is 3.26. The molecule has 1 aromatic rings. The number of carbonyl (C=O) groups is 2. The molecule has 2 heterocycles. The van der Waals surface area contributed by atoms with Crippen molar-refractivity contribution in [3.8, 4) is 0 Å². The smallest absolute Gasteiger partial charge is 0.346 e. The summed E-state index contributed by atoms with van der Waals surface area (Å²) in [5, 5.41) is 1.51. The number of nitrogens with zero attached hydrogens (tertiary/aromatic N) is 2. The topological polar surface area (TPSA) is 68.2 Å². The summed E-state index contributed by atoms with van der Waals surface area (Å²) < 4.78 is 10.4. The third-order valence-electron chi connectivity index (χ3n) is 7.48. The second-order valence-electron chi connectivity index (χ2n) is 9.25. The van der Waals surface area contributed by atoms with Gasteiger partial charge in [0.15, 0.2) is 5.57 Å². The van der Waals surface area contributed by atoms with E-state index in [1.165, 1.54) is 50.6 Å². The van der Waals surface area contributed by atoms with Gasteiger partial charge in [-0.05, 0) is 82.6 Å². The Bertz CT molecular complexity index is 1090. The lowest BCUT2D eigenvalue weighted by Crippen LogP contribution is -2.55. The summed E-state index contributed by atoms with van der Waals surface area (Å²) in [6, 6.07) is 5.74. The van der Waals surface area contributed by atoms with E-state index in [1.54, 1.807) is 19.4 Å². The molecule has 0 aromatic heterocycles. The summed E-state index contributed by atoms with van der Waals surface area (Å²) in [5.74, 6) is -0.743. The average molecular weight is 437 g/mol. The molecule has 1 aromatic carbocycles. The van der Waals surface area contributed by atoms with E-state index < -0.39 is 11.9 Å². The first-order valence-corrected chi connectivity index (χ1v) is 12.2. The van der Waals surface area contributed by atoms with Gasteiger partial charge in [0.05, 0.1) is 24.3 Å². The Balaban J connectivity index is 1.70. The second kappa shape index (κ2) is 8.38. The number of allylic oxidation sites excluding steroid dienone is 2. The first-order chi connectivity index (χ1) is 15.6. The number of esters is 2. The molecule has 0 unspecified atom stereocenters. The fourth-order valence-electron chi connectivity index (χ4n) is 6.18. The van der Waals surface area contributed by atoms with Crippen LogP contribution in [0.15, 0.2) is 34.5 Å². The van der Waals surface area contributed by atoms with Crippen LogP contribution in [-0.2, 0) is 19.1 Å². The van der Waals surface area contributed by atoms with Crippen molar-refractivity contribution in [2.75, 3.05) is 18.1 Å². The fraction of sp³-hybridized carbons (Fsp3) is 0.577. The molecule has 1 saturated carbocycles. The molecule has 0 amide bonds. The summed E-state index contributed by atoms with van der Waals surface area (Å²) in [7, 11) is 0. The van der Waals surface area contributed by atoms with Crippen LogP contribution in [0.4, 0.5) is 5.69 Å². The third-order valence-corrected chi connectivity index (χ3v) is 7.48. The van der Waals surface area contributed by atoms with Crippen molar-refractivity contribution in [3.05, 3.63) is 40.0 Å². The predicted molar refractivity (Wildman–Crippen MR) is 121 cm³/mol. The van der Waals surface area contributed by atoms with E-state index in [-0.39, 0.29) is 24.4 Å². The molecular formula is C26H32N2O4. The van der Waals surface area contributed by atoms with Crippen molar-refractivity contribution in [1.29, 1.82) is 0 Å². The summed E-state index contributed by atoms with van der Waals surface area (Å²) in [5.41, 5.74) is 3.81. The Kier molecular flexibility index (Phi) is 5.56. The highest BCUT2D eigenvalue weighted by atomic mass is 16.6. The SMILES string of the molecule is CCOC(=O)C(C(=O)OCC)=c1ccc2c(c1)N1C3=C(CCCC3)C[C@@H]3CCCC[C@@]31N=2. The molecule has 0 N–H and O–H groups in total. The zero-order chi connectivity index (χ0) is 22.3. The lowest BCUT2D eigenvalue weighted by atomic mass is 9.70. The average Bonchev–Trinajstić information content (AvgIpc) is 3.12. The Morgan fingerprint density at radius 1 is 1.06 bits per heavy atom. The van der Waals surface area contributed by atoms with Crippen LogP contribution < -0.4 is 15.5 Å². The van der Waals surface area contributed by atoms with E-state index in [0.717, 1.165) is 23.9 Å². The maximum Gasteiger partial charge on any atom is 0.346 e. The number of ether oxygens (including phenoxy) is 2. The van der Waals surface area contributed by atoms with Crippen molar-refractivity contribution in [3.63, 3.8) is 0 Å². The van der Waals surface area contributed by atoms with Crippen LogP contribution in [0, 0.1) is 5.92 Å². The van der Waals surface area contributed by atoms with Gasteiger partial charge in [-0.1, -0.05) is 18.1 Å². The van der Waals surface area contributed by atoms with E-state index in [1.807, 2.05) is 18.2 Å². The van der Waals surface area contributed by atoms with Crippen molar-refractivity contribution >= 4 is 23.2 Å². The number of benzene rings is 1. The van der Waals surface area contributed by atoms with E-state index in [2.05, 4.69) is 4.90 Å². The quantitative estimate of drug-likeness (QED) is 0.534. The maximum absolute atomic E-state index is 12.7. The predicted octanol–water partition coefficient (Wildman–Crippen LogP) is 3.52. The van der Waals surface area contributed by atoms with E-state index in [0.29, 0.717) is 11.1 Å². The zero-order valence-electron chi connectivity index (χ0n) is 19.1. The van der Waals surface area contributed by atoms with Crippen LogP contribution in [0.1, 0.15) is 71.6 Å². The van der Waals surface area contributed by atoms with E-state index in [9.17, 15) is 9.59 Å². The van der Waals surface area contributed by atoms with Crippen LogP contribution in [0.5, 0.6) is 0 Å². The van der Waals surface area contributed by atoms with Gasteiger partial charge in [0.2, 0.25) is 0 Å². The monoisotopic (exact) mass is 436 g/mol. The molecule has 6 nitrogen and oxygen atoms in total. The molecule has 0 radical (unpaired) electrons. The molecule has 6 heteroatoms. The van der Waals surface area contributed by atoms with Gasteiger partial charge < -0.3 is 14.4 Å². The molecule has 2 aliphatic heterocycles. The van der Waals surface area contributed by atoms with Gasteiger partial charge in [0, 0.05) is 11.6 Å². The zero-order valence-corrected chi connectivity index (χ0v) is 19.1. The van der Waals surface area contributed by atoms with Crippen LogP contribution >= 0.6 is 0 Å². The minimum Gasteiger partial charge on any atom is -0.462 e. The van der Waals surface area contributed by atoms with Gasteiger partial charge in [-0.2, -0.15) is 0 Å². The van der Waals surface area contributed by atoms with Gasteiger partial charge in [-0.25, -0.2) is 9.59 Å². The van der Waals surface area contributed by atoms with Gasteiger partial charge in [-0.15, -0.1) is 0 Å². The highest BCUT2D eigenvalue weighted by Crippen LogP contribution is 2.53. The van der Waals surface area contributed by atoms with Gasteiger partial charge in [0.25, 0.3) is 0 Å². The van der Waals surface area contributed by atoms with Crippen molar-refractivity contribution in [2.24, 2.45) is 10.9 Å². The second-order valence-corrected chi connectivity index (χ2v) is 9.25. The highest BCUT2D eigenvalue weighted by Gasteiger charge is 2.53. The molecule has 0 bridgehead atoms. The summed E-state index contributed by atoms with van der Waals surface area (Å²) in [6.07, 6.45) is 10.6. The molecular weight excluding hydrogens is 404 g/mol. The van der Waals surface area contributed by atoms with Crippen molar-refractivity contribution < 1.29 is 19.1 Å². The van der Waals surface area contributed by atoms with Crippen molar-refractivity contribution in [2.45, 2.75) is 77.3 Å². The molecule has 1 spiro atoms. The number of carbonyl (C=O) groups excluding carboxylic acids is 2. The molecule has 170 valence electrons. The lowest BCUT2D eigenvalue weighted by Gasteiger charge is -2.52. The Labute approximate surface area is 189 Å². The number of fused-ring (bicyclic) bond motifs is 3. The van der Waals surface area contributed by atoms with Crippen LogP contribution in [0.2, 0.25) is 0 Å².